The van der Waals surface area contributed by atoms with Gasteiger partial charge in [0.05, 0.1) is 36.2 Å². The Labute approximate surface area is 193 Å². The van der Waals surface area contributed by atoms with Crippen molar-refractivity contribution in [2.45, 2.75) is 13.5 Å². The molecule has 0 fully saturated rings. The predicted octanol–water partition coefficient (Wildman–Crippen LogP) is 5.42. The molecule has 0 atom stereocenters. The molecule has 32 heavy (non-hydrogen) atoms. The first-order valence-electron chi connectivity index (χ1n) is 9.69. The Bertz CT molecular complexity index is 1240. The molecule has 2 heterocycles. The molecule has 9 heteroatoms. The normalized spacial score (nSPS) is 10.6. The lowest BCUT2D eigenvalue weighted by atomic mass is 10.1. The lowest BCUT2D eigenvalue weighted by molar-refractivity contribution is 0.102. The van der Waals surface area contributed by atoms with E-state index in [4.69, 9.17) is 14.2 Å². The topological polar surface area (TPSA) is 82.6 Å². The van der Waals surface area contributed by atoms with Crippen LogP contribution in [-0.2, 0) is 6.61 Å². The Hall–Kier alpha value is -3.43. The maximum absolute atomic E-state index is 12.9. The highest BCUT2D eigenvalue weighted by Crippen LogP contribution is 2.35. The Morgan fingerprint density at radius 2 is 1.84 bits per heavy atom. The van der Waals surface area contributed by atoms with Gasteiger partial charge >= 0.3 is 0 Å². The summed E-state index contributed by atoms with van der Waals surface area (Å²) >= 11 is 2.89. The summed E-state index contributed by atoms with van der Waals surface area (Å²) in [5.41, 5.74) is 2.73. The molecule has 2 aromatic heterocycles. The number of para-hydroxylation sites is 1. The number of amides is 1. The van der Waals surface area contributed by atoms with Gasteiger partial charge in [-0.05, 0) is 37.3 Å². The van der Waals surface area contributed by atoms with Crippen molar-refractivity contribution in [3.63, 3.8) is 0 Å². The van der Waals surface area contributed by atoms with Crippen LogP contribution in [0.25, 0.3) is 11.3 Å². The van der Waals surface area contributed by atoms with Crippen molar-refractivity contribution in [3.8, 4) is 28.5 Å². The molecule has 2 aromatic carbocycles. The van der Waals surface area contributed by atoms with E-state index >= 15 is 0 Å². The molecule has 0 saturated heterocycles. The number of anilines is 1. The molecule has 1 N–H and O–H groups in total. The molecule has 1 amide bonds. The number of carbonyl (C=O) groups excluding carboxylic acids is 1. The summed E-state index contributed by atoms with van der Waals surface area (Å²) in [7, 11) is 3.21. The fourth-order valence-electron chi connectivity index (χ4n) is 3.04. The second kappa shape index (κ2) is 9.80. The van der Waals surface area contributed by atoms with E-state index in [2.05, 4.69) is 15.3 Å². The molecule has 4 aromatic rings. The molecule has 0 aliphatic heterocycles. The number of aryl methyl sites for hydroxylation is 1. The van der Waals surface area contributed by atoms with E-state index in [1.807, 2.05) is 41.9 Å². The number of benzene rings is 2. The van der Waals surface area contributed by atoms with Gasteiger partial charge in [0.15, 0.2) is 5.13 Å². The average Bonchev–Trinajstić information content (AvgIpc) is 3.46. The summed E-state index contributed by atoms with van der Waals surface area (Å²) in [5, 5.41) is 8.11. The van der Waals surface area contributed by atoms with Crippen LogP contribution in [0.2, 0.25) is 0 Å². The van der Waals surface area contributed by atoms with Crippen LogP contribution in [0.4, 0.5) is 5.13 Å². The van der Waals surface area contributed by atoms with E-state index in [-0.39, 0.29) is 5.91 Å². The van der Waals surface area contributed by atoms with Crippen molar-refractivity contribution in [3.05, 3.63) is 69.5 Å². The van der Waals surface area contributed by atoms with Crippen LogP contribution in [0.3, 0.4) is 0 Å². The molecule has 0 bridgehead atoms. The number of methoxy groups -OCH3 is 2. The molecule has 0 aliphatic carbocycles. The van der Waals surface area contributed by atoms with E-state index in [1.165, 1.54) is 11.3 Å². The minimum atomic E-state index is -0.298. The monoisotopic (exact) mass is 467 g/mol. The number of nitrogens with one attached hydrogen (secondary N) is 1. The molecular formula is C23H21N3O4S2. The molecule has 0 spiro atoms. The van der Waals surface area contributed by atoms with Crippen LogP contribution in [-0.4, -0.2) is 30.1 Å². The Morgan fingerprint density at radius 3 is 2.59 bits per heavy atom. The molecule has 0 unspecified atom stereocenters. The van der Waals surface area contributed by atoms with Crippen LogP contribution in [0.1, 0.15) is 21.1 Å². The largest absolute Gasteiger partial charge is 0.497 e. The summed E-state index contributed by atoms with van der Waals surface area (Å²) in [6.07, 6.45) is 0. The lowest BCUT2D eigenvalue weighted by Gasteiger charge is -2.10. The highest BCUT2D eigenvalue weighted by molar-refractivity contribution is 7.14. The van der Waals surface area contributed by atoms with E-state index in [1.54, 1.807) is 43.8 Å². The highest BCUT2D eigenvalue weighted by atomic mass is 32.1. The van der Waals surface area contributed by atoms with Crippen molar-refractivity contribution >= 4 is 33.7 Å². The van der Waals surface area contributed by atoms with Gasteiger partial charge in [0.1, 0.15) is 23.9 Å². The summed E-state index contributed by atoms with van der Waals surface area (Å²) in [6.45, 7) is 2.24. The fraction of sp³-hybridized carbons (Fsp3) is 0.174. The molecule has 0 radical (unpaired) electrons. The van der Waals surface area contributed by atoms with E-state index in [0.717, 1.165) is 16.3 Å². The van der Waals surface area contributed by atoms with Crippen molar-refractivity contribution < 1.29 is 19.0 Å². The summed E-state index contributed by atoms with van der Waals surface area (Å²) in [4.78, 5) is 21.9. The SMILES string of the molecule is COc1ccc(OC)c(-c2csc(NC(=O)c3ccccc3OCc3csc(C)n3)n2)c1. The van der Waals surface area contributed by atoms with Crippen LogP contribution in [0.15, 0.2) is 53.2 Å². The maximum atomic E-state index is 12.9. The zero-order valence-electron chi connectivity index (χ0n) is 17.7. The van der Waals surface area contributed by atoms with E-state index < -0.39 is 0 Å². The van der Waals surface area contributed by atoms with Crippen molar-refractivity contribution in [2.24, 2.45) is 0 Å². The molecule has 0 aliphatic rings. The van der Waals surface area contributed by atoms with Gasteiger partial charge in [-0.15, -0.1) is 22.7 Å². The first-order valence-corrected chi connectivity index (χ1v) is 11.5. The van der Waals surface area contributed by atoms with Gasteiger partial charge in [-0.3, -0.25) is 10.1 Å². The lowest BCUT2D eigenvalue weighted by Crippen LogP contribution is -2.13. The quantitative estimate of drug-likeness (QED) is 0.372. The third-order valence-electron chi connectivity index (χ3n) is 4.58. The summed E-state index contributed by atoms with van der Waals surface area (Å²) < 4.78 is 16.6. The van der Waals surface area contributed by atoms with E-state index in [9.17, 15) is 4.79 Å². The number of ether oxygens (including phenoxy) is 3. The standard InChI is InChI=1S/C23H21N3O4S2/c1-14-24-15(12-31-14)11-30-21-7-5-4-6-17(21)22(27)26-23-25-19(13-32-23)18-10-16(28-2)8-9-20(18)29-3/h4-10,12-13H,11H2,1-3H3,(H,25,26,27). The molecule has 7 nitrogen and oxygen atoms in total. The van der Waals surface area contributed by atoms with Gasteiger partial charge in [0.25, 0.3) is 5.91 Å². The second-order valence-electron chi connectivity index (χ2n) is 6.70. The molecule has 0 saturated carbocycles. The van der Waals surface area contributed by atoms with Gasteiger partial charge in [0.2, 0.25) is 0 Å². The summed E-state index contributed by atoms with van der Waals surface area (Å²) in [6, 6.07) is 12.6. The fourth-order valence-corrected chi connectivity index (χ4v) is 4.34. The third kappa shape index (κ3) is 4.90. The van der Waals surface area contributed by atoms with Crippen molar-refractivity contribution in [2.75, 3.05) is 19.5 Å². The van der Waals surface area contributed by atoms with Gasteiger partial charge in [-0.2, -0.15) is 0 Å². The Kier molecular flexibility index (Phi) is 6.67. The van der Waals surface area contributed by atoms with Crippen LogP contribution < -0.4 is 19.5 Å². The number of hydrogen-bond donors (Lipinski definition) is 1. The van der Waals surface area contributed by atoms with E-state index in [0.29, 0.717) is 40.2 Å². The smallest absolute Gasteiger partial charge is 0.261 e. The van der Waals surface area contributed by atoms with Gasteiger partial charge < -0.3 is 14.2 Å². The van der Waals surface area contributed by atoms with Crippen LogP contribution >= 0.6 is 22.7 Å². The van der Waals surface area contributed by atoms with Crippen LogP contribution in [0, 0.1) is 6.92 Å². The molecular weight excluding hydrogens is 446 g/mol. The highest BCUT2D eigenvalue weighted by Gasteiger charge is 2.16. The Morgan fingerprint density at radius 1 is 1.00 bits per heavy atom. The maximum Gasteiger partial charge on any atom is 0.261 e. The van der Waals surface area contributed by atoms with Crippen molar-refractivity contribution in [1.82, 2.24) is 9.97 Å². The number of aromatic nitrogens is 2. The first kappa shape index (κ1) is 21.8. The number of nitrogens with zero attached hydrogens (tertiary/aromatic N) is 2. The van der Waals surface area contributed by atoms with Gasteiger partial charge in [0, 0.05) is 16.3 Å². The van der Waals surface area contributed by atoms with Crippen molar-refractivity contribution in [1.29, 1.82) is 0 Å². The second-order valence-corrected chi connectivity index (χ2v) is 8.62. The Balaban J connectivity index is 1.50. The first-order chi connectivity index (χ1) is 15.6. The minimum Gasteiger partial charge on any atom is -0.497 e. The zero-order chi connectivity index (χ0) is 22.5. The number of thiazole rings is 2. The van der Waals surface area contributed by atoms with Gasteiger partial charge in [-0.1, -0.05) is 12.1 Å². The average molecular weight is 468 g/mol. The molecule has 164 valence electrons. The summed E-state index contributed by atoms with van der Waals surface area (Å²) in [5.74, 6) is 1.56. The number of hydrogen-bond acceptors (Lipinski definition) is 8. The van der Waals surface area contributed by atoms with Crippen LogP contribution in [0.5, 0.6) is 17.2 Å². The third-order valence-corrected chi connectivity index (χ3v) is 6.16. The molecule has 4 rings (SSSR count). The van der Waals surface area contributed by atoms with Gasteiger partial charge in [-0.25, -0.2) is 9.97 Å². The minimum absolute atomic E-state index is 0.297. The number of carbonyl (C=O) groups is 1. The predicted molar refractivity (Wildman–Crippen MR) is 126 cm³/mol. The number of rotatable bonds is 8. The zero-order valence-corrected chi connectivity index (χ0v) is 19.4.